The van der Waals surface area contributed by atoms with Gasteiger partial charge in [0.25, 0.3) is 0 Å². The maximum Gasteiger partial charge on any atom is 0.401 e. The van der Waals surface area contributed by atoms with E-state index in [1.807, 2.05) is 0 Å². The van der Waals surface area contributed by atoms with Gasteiger partial charge < -0.3 is 11.1 Å². The van der Waals surface area contributed by atoms with Gasteiger partial charge in [-0.2, -0.15) is 13.2 Å². The van der Waals surface area contributed by atoms with E-state index in [9.17, 15) is 18.0 Å². The van der Waals surface area contributed by atoms with Crippen LogP contribution in [0.5, 0.6) is 0 Å². The Labute approximate surface area is 111 Å². The molecule has 112 valence electrons. The van der Waals surface area contributed by atoms with Crippen LogP contribution in [0.15, 0.2) is 0 Å². The summed E-state index contributed by atoms with van der Waals surface area (Å²) < 4.78 is 36.6. The van der Waals surface area contributed by atoms with Crippen LogP contribution < -0.4 is 11.1 Å². The molecule has 3 N–H and O–H groups in total. The molecule has 0 bridgehead atoms. The summed E-state index contributed by atoms with van der Waals surface area (Å²) in [7, 11) is 0. The van der Waals surface area contributed by atoms with Gasteiger partial charge >= 0.3 is 6.18 Å². The first-order chi connectivity index (χ1) is 8.78. The normalized spacial score (nSPS) is 20.3. The molecule has 0 aromatic rings. The standard InChI is InChI=1S/C12H22F3N3O/c1-9(16)11(19)17-5-2-10-3-6-18(7-4-10)8-12(13,14)15/h9-10H,2-8,16H2,1H3,(H,17,19). The van der Waals surface area contributed by atoms with Crippen LogP contribution in [0.2, 0.25) is 0 Å². The molecule has 1 aliphatic rings. The minimum atomic E-state index is -4.11. The maximum absolute atomic E-state index is 12.2. The second kappa shape index (κ2) is 7.09. The highest BCUT2D eigenvalue weighted by molar-refractivity contribution is 5.80. The van der Waals surface area contributed by atoms with E-state index < -0.39 is 18.8 Å². The summed E-state index contributed by atoms with van der Waals surface area (Å²) in [6.45, 7) is 2.30. The number of nitrogens with one attached hydrogen (secondary N) is 1. The smallest absolute Gasteiger partial charge is 0.355 e. The van der Waals surface area contributed by atoms with E-state index >= 15 is 0 Å². The molecular weight excluding hydrogens is 259 g/mol. The molecule has 1 aliphatic heterocycles. The monoisotopic (exact) mass is 281 g/mol. The lowest BCUT2D eigenvalue weighted by atomic mass is 9.93. The molecule has 1 fully saturated rings. The van der Waals surface area contributed by atoms with Crippen LogP contribution in [0.1, 0.15) is 26.2 Å². The minimum Gasteiger partial charge on any atom is -0.355 e. The van der Waals surface area contributed by atoms with Gasteiger partial charge in [0.2, 0.25) is 5.91 Å². The van der Waals surface area contributed by atoms with Gasteiger partial charge in [0.1, 0.15) is 0 Å². The van der Waals surface area contributed by atoms with Crippen molar-refractivity contribution in [2.24, 2.45) is 11.7 Å². The van der Waals surface area contributed by atoms with Crippen molar-refractivity contribution in [1.82, 2.24) is 10.2 Å². The Bertz CT molecular complexity index is 286. The number of hydrogen-bond acceptors (Lipinski definition) is 3. The van der Waals surface area contributed by atoms with Crippen LogP contribution >= 0.6 is 0 Å². The number of amides is 1. The number of piperidine rings is 1. The fourth-order valence-corrected chi connectivity index (χ4v) is 2.25. The topological polar surface area (TPSA) is 58.4 Å². The Kier molecular flexibility index (Phi) is 6.06. The number of likely N-dealkylation sites (tertiary alicyclic amines) is 1. The van der Waals surface area contributed by atoms with E-state index in [1.54, 1.807) is 6.92 Å². The van der Waals surface area contributed by atoms with E-state index in [-0.39, 0.29) is 5.91 Å². The predicted octanol–water partition coefficient (Wildman–Crippen LogP) is 1.11. The van der Waals surface area contributed by atoms with Crippen LogP contribution in [-0.2, 0) is 4.79 Å². The maximum atomic E-state index is 12.2. The highest BCUT2D eigenvalue weighted by atomic mass is 19.4. The number of hydrogen-bond donors (Lipinski definition) is 2. The SMILES string of the molecule is CC(N)C(=O)NCCC1CCN(CC(F)(F)F)CC1. The zero-order valence-corrected chi connectivity index (χ0v) is 11.2. The molecule has 19 heavy (non-hydrogen) atoms. The van der Waals surface area contributed by atoms with Gasteiger partial charge in [0.15, 0.2) is 0 Å². The fourth-order valence-electron chi connectivity index (χ4n) is 2.25. The van der Waals surface area contributed by atoms with Crippen molar-refractivity contribution in [3.63, 3.8) is 0 Å². The van der Waals surface area contributed by atoms with Gasteiger partial charge in [-0.1, -0.05) is 0 Å². The largest absolute Gasteiger partial charge is 0.401 e. The molecule has 4 nitrogen and oxygen atoms in total. The number of rotatable bonds is 5. The average molecular weight is 281 g/mol. The molecule has 0 aromatic carbocycles. The molecule has 0 spiro atoms. The Morgan fingerprint density at radius 3 is 2.47 bits per heavy atom. The van der Waals surface area contributed by atoms with E-state index in [4.69, 9.17) is 5.73 Å². The Morgan fingerprint density at radius 1 is 1.42 bits per heavy atom. The second-order valence-electron chi connectivity index (χ2n) is 5.20. The van der Waals surface area contributed by atoms with Gasteiger partial charge in [-0.15, -0.1) is 0 Å². The molecule has 1 rings (SSSR count). The number of nitrogens with two attached hydrogens (primary N) is 1. The van der Waals surface area contributed by atoms with Crippen LogP contribution in [0.4, 0.5) is 13.2 Å². The van der Waals surface area contributed by atoms with Crippen molar-refractivity contribution in [3.05, 3.63) is 0 Å². The van der Waals surface area contributed by atoms with Crippen LogP contribution in [0.25, 0.3) is 0 Å². The average Bonchev–Trinajstić information content (AvgIpc) is 2.29. The first-order valence-electron chi connectivity index (χ1n) is 6.60. The molecular formula is C12H22F3N3O. The third-order valence-corrected chi connectivity index (χ3v) is 3.38. The highest BCUT2D eigenvalue weighted by Crippen LogP contribution is 2.23. The van der Waals surface area contributed by atoms with Crippen molar-refractivity contribution in [2.75, 3.05) is 26.2 Å². The van der Waals surface area contributed by atoms with E-state index in [0.717, 1.165) is 19.3 Å². The van der Waals surface area contributed by atoms with Crippen molar-refractivity contribution < 1.29 is 18.0 Å². The molecule has 1 amide bonds. The van der Waals surface area contributed by atoms with Crippen LogP contribution in [0.3, 0.4) is 0 Å². The van der Waals surface area contributed by atoms with Gasteiger partial charge in [0, 0.05) is 6.54 Å². The summed E-state index contributed by atoms with van der Waals surface area (Å²) in [5, 5.41) is 2.72. The van der Waals surface area contributed by atoms with Gasteiger partial charge in [-0.3, -0.25) is 9.69 Å². The lowest BCUT2D eigenvalue weighted by Crippen LogP contribution is -2.41. The number of alkyl halides is 3. The van der Waals surface area contributed by atoms with Crippen molar-refractivity contribution in [2.45, 2.75) is 38.4 Å². The molecule has 1 atom stereocenters. The third kappa shape index (κ3) is 6.77. The van der Waals surface area contributed by atoms with Gasteiger partial charge in [-0.25, -0.2) is 0 Å². The lowest BCUT2D eigenvalue weighted by molar-refractivity contribution is -0.148. The second-order valence-corrected chi connectivity index (χ2v) is 5.20. The molecule has 1 unspecified atom stereocenters. The summed E-state index contributed by atoms with van der Waals surface area (Å²) >= 11 is 0. The molecule has 1 saturated heterocycles. The quantitative estimate of drug-likeness (QED) is 0.794. The van der Waals surface area contributed by atoms with E-state index in [0.29, 0.717) is 25.6 Å². The molecule has 0 saturated carbocycles. The Hall–Kier alpha value is -0.820. The number of carbonyl (C=O) groups is 1. The molecule has 1 heterocycles. The summed E-state index contributed by atoms with van der Waals surface area (Å²) in [4.78, 5) is 12.7. The highest BCUT2D eigenvalue weighted by Gasteiger charge is 2.32. The third-order valence-electron chi connectivity index (χ3n) is 3.38. The molecule has 0 aliphatic carbocycles. The molecule has 7 heteroatoms. The first kappa shape index (κ1) is 16.2. The fraction of sp³-hybridized carbons (Fsp3) is 0.917. The van der Waals surface area contributed by atoms with Crippen LogP contribution in [0, 0.1) is 5.92 Å². The molecule has 0 aromatic heterocycles. The summed E-state index contributed by atoms with van der Waals surface area (Å²) in [6.07, 6.45) is -1.80. The first-order valence-corrected chi connectivity index (χ1v) is 6.60. The zero-order chi connectivity index (χ0) is 14.5. The predicted molar refractivity (Wildman–Crippen MR) is 66.5 cm³/mol. The summed E-state index contributed by atoms with van der Waals surface area (Å²) in [5.41, 5.74) is 5.41. The number of carbonyl (C=O) groups excluding carboxylic acids is 1. The molecule has 0 radical (unpaired) electrons. The van der Waals surface area contributed by atoms with Crippen LogP contribution in [-0.4, -0.2) is 49.2 Å². The Morgan fingerprint density at radius 2 is 2.00 bits per heavy atom. The van der Waals surface area contributed by atoms with E-state index in [2.05, 4.69) is 5.32 Å². The van der Waals surface area contributed by atoms with Crippen molar-refractivity contribution in [1.29, 1.82) is 0 Å². The van der Waals surface area contributed by atoms with Crippen molar-refractivity contribution >= 4 is 5.91 Å². The lowest BCUT2D eigenvalue weighted by Gasteiger charge is -2.32. The number of halogens is 3. The van der Waals surface area contributed by atoms with Gasteiger partial charge in [0.05, 0.1) is 12.6 Å². The zero-order valence-electron chi connectivity index (χ0n) is 11.2. The summed E-state index contributed by atoms with van der Waals surface area (Å²) in [5.74, 6) is 0.201. The minimum absolute atomic E-state index is 0.186. The Balaban J connectivity index is 2.15. The van der Waals surface area contributed by atoms with E-state index in [1.165, 1.54) is 4.90 Å². The number of nitrogens with zero attached hydrogens (tertiary/aromatic N) is 1. The van der Waals surface area contributed by atoms with Gasteiger partial charge in [-0.05, 0) is 45.2 Å². The van der Waals surface area contributed by atoms with Crippen molar-refractivity contribution in [3.8, 4) is 0 Å². The summed E-state index contributed by atoms with van der Waals surface area (Å²) in [6, 6.07) is -0.520.